The predicted molar refractivity (Wildman–Crippen MR) is 111 cm³/mol. The van der Waals surface area contributed by atoms with Crippen molar-refractivity contribution in [3.63, 3.8) is 0 Å². The monoisotopic (exact) mass is 424 g/mol. The number of nitrogen functional groups attached to an aromatic ring is 2. The number of aromatic nitrogens is 1. The molecule has 0 bridgehead atoms. The standard InChI is InChI=1S/C21H27F3N4O2/c1-28(11-20(12-29-2)7-4-8-20)16-10-15(27-19(26)18(16)25)13-5-6-17(30-3)14(9-13)21(22,23)24/h5-6,9-10H,4,7-8,11-12,25H2,1-3H3,(H2,26,27). The first-order chi connectivity index (χ1) is 14.1. The highest BCUT2D eigenvalue weighted by Gasteiger charge is 2.38. The summed E-state index contributed by atoms with van der Waals surface area (Å²) in [6, 6.07) is 5.48. The van der Waals surface area contributed by atoms with Gasteiger partial charge in [0.2, 0.25) is 0 Å². The maximum atomic E-state index is 13.4. The molecular formula is C21H27F3N4O2. The molecule has 0 saturated heterocycles. The molecule has 0 atom stereocenters. The summed E-state index contributed by atoms with van der Waals surface area (Å²) in [5.41, 5.74) is 12.9. The van der Waals surface area contributed by atoms with E-state index in [4.69, 9.17) is 20.9 Å². The molecule has 3 rings (SSSR count). The molecule has 1 aromatic carbocycles. The van der Waals surface area contributed by atoms with E-state index < -0.39 is 11.7 Å². The number of nitrogens with zero attached hydrogens (tertiary/aromatic N) is 2. The number of hydrogen-bond donors (Lipinski definition) is 2. The molecule has 0 amide bonds. The maximum Gasteiger partial charge on any atom is 0.419 e. The van der Waals surface area contributed by atoms with Crippen LogP contribution in [-0.4, -0.2) is 39.4 Å². The molecule has 1 fully saturated rings. The van der Waals surface area contributed by atoms with Crippen LogP contribution in [0.5, 0.6) is 5.75 Å². The largest absolute Gasteiger partial charge is 0.496 e. The van der Waals surface area contributed by atoms with Crippen LogP contribution in [-0.2, 0) is 10.9 Å². The number of rotatable bonds is 7. The molecular weight excluding hydrogens is 397 g/mol. The van der Waals surface area contributed by atoms with Gasteiger partial charge >= 0.3 is 6.18 Å². The van der Waals surface area contributed by atoms with Gasteiger partial charge in [0.25, 0.3) is 0 Å². The first kappa shape index (κ1) is 22.0. The van der Waals surface area contributed by atoms with Crippen molar-refractivity contribution in [1.29, 1.82) is 0 Å². The van der Waals surface area contributed by atoms with Gasteiger partial charge in [-0.25, -0.2) is 4.98 Å². The van der Waals surface area contributed by atoms with Gasteiger partial charge in [0.15, 0.2) is 0 Å². The number of hydrogen-bond acceptors (Lipinski definition) is 6. The van der Waals surface area contributed by atoms with Crippen molar-refractivity contribution in [2.75, 3.05) is 50.8 Å². The van der Waals surface area contributed by atoms with E-state index in [-0.39, 0.29) is 22.5 Å². The van der Waals surface area contributed by atoms with Crippen LogP contribution in [0.1, 0.15) is 24.8 Å². The van der Waals surface area contributed by atoms with Gasteiger partial charge in [-0.1, -0.05) is 6.42 Å². The number of pyridine rings is 1. The fourth-order valence-corrected chi connectivity index (χ4v) is 4.03. The molecule has 30 heavy (non-hydrogen) atoms. The number of anilines is 3. The van der Waals surface area contributed by atoms with E-state index in [1.165, 1.54) is 19.2 Å². The fraction of sp³-hybridized carbons (Fsp3) is 0.476. The lowest BCUT2D eigenvalue weighted by atomic mass is 9.69. The third-order valence-corrected chi connectivity index (χ3v) is 5.72. The normalized spacial score (nSPS) is 15.5. The van der Waals surface area contributed by atoms with Gasteiger partial charge in [-0.05, 0) is 37.1 Å². The highest BCUT2D eigenvalue weighted by Crippen LogP contribution is 2.44. The number of ether oxygens (including phenoxy) is 2. The number of halogens is 3. The van der Waals surface area contributed by atoms with Gasteiger partial charge in [0, 0.05) is 31.7 Å². The molecule has 2 aromatic rings. The van der Waals surface area contributed by atoms with Crippen LogP contribution in [0.4, 0.5) is 30.4 Å². The van der Waals surface area contributed by atoms with Gasteiger partial charge in [0.1, 0.15) is 11.6 Å². The number of nitrogens with two attached hydrogens (primary N) is 2. The van der Waals surface area contributed by atoms with Gasteiger partial charge in [-0.3, -0.25) is 0 Å². The Morgan fingerprint density at radius 3 is 2.40 bits per heavy atom. The number of alkyl halides is 3. The van der Waals surface area contributed by atoms with Crippen LogP contribution >= 0.6 is 0 Å². The van der Waals surface area contributed by atoms with E-state index >= 15 is 0 Å². The minimum Gasteiger partial charge on any atom is -0.496 e. The van der Waals surface area contributed by atoms with E-state index in [2.05, 4.69) is 4.98 Å². The summed E-state index contributed by atoms with van der Waals surface area (Å²) < 4.78 is 50.5. The summed E-state index contributed by atoms with van der Waals surface area (Å²) in [6.07, 6.45) is -1.32. The Kier molecular flexibility index (Phi) is 6.03. The molecule has 0 unspecified atom stereocenters. The van der Waals surface area contributed by atoms with E-state index in [1.54, 1.807) is 13.2 Å². The highest BCUT2D eigenvalue weighted by molar-refractivity contribution is 5.82. The Balaban J connectivity index is 1.99. The Morgan fingerprint density at radius 2 is 1.87 bits per heavy atom. The SMILES string of the molecule is COCC1(CN(C)c2cc(-c3ccc(OC)c(C(F)(F)F)c3)nc(N)c2N)CCC1. The molecule has 1 heterocycles. The molecule has 6 nitrogen and oxygen atoms in total. The zero-order valence-corrected chi connectivity index (χ0v) is 17.3. The second kappa shape index (κ2) is 8.22. The van der Waals surface area contributed by atoms with Crippen LogP contribution in [0.3, 0.4) is 0 Å². The van der Waals surface area contributed by atoms with Crippen molar-refractivity contribution in [2.24, 2.45) is 5.41 Å². The first-order valence-corrected chi connectivity index (χ1v) is 9.62. The van der Waals surface area contributed by atoms with Crippen molar-refractivity contribution < 1.29 is 22.6 Å². The van der Waals surface area contributed by atoms with Crippen LogP contribution in [0.2, 0.25) is 0 Å². The quantitative estimate of drug-likeness (QED) is 0.693. The Bertz CT molecular complexity index is 914. The molecule has 0 aliphatic heterocycles. The first-order valence-electron chi connectivity index (χ1n) is 9.62. The average molecular weight is 424 g/mol. The maximum absolute atomic E-state index is 13.4. The zero-order valence-electron chi connectivity index (χ0n) is 17.3. The summed E-state index contributed by atoms with van der Waals surface area (Å²) in [5.74, 6) is -0.174. The number of methoxy groups -OCH3 is 2. The minimum atomic E-state index is -4.56. The molecule has 9 heteroatoms. The van der Waals surface area contributed by atoms with Crippen molar-refractivity contribution in [3.8, 4) is 17.0 Å². The smallest absolute Gasteiger partial charge is 0.419 e. The van der Waals surface area contributed by atoms with Gasteiger partial charge < -0.3 is 25.8 Å². The van der Waals surface area contributed by atoms with Gasteiger partial charge in [-0.15, -0.1) is 0 Å². The van der Waals surface area contributed by atoms with Gasteiger partial charge in [-0.2, -0.15) is 13.2 Å². The van der Waals surface area contributed by atoms with Crippen molar-refractivity contribution in [2.45, 2.75) is 25.4 Å². The Morgan fingerprint density at radius 1 is 1.17 bits per heavy atom. The Hall–Kier alpha value is -2.68. The minimum absolute atomic E-state index is 0.0394. The summed E-state index contributed by atoms with van der Waals surface area (Å²) in [4.78, 5) is 6.20. The summed E-state index contributed by atoms with van der Waals surface area (Å²) in [5, 5.41) is 0. The van der Waals surface area contributed by atoms with Crippen molar-refractivity contribution in [3.05, 3.63) is 29.8 Å². The lowest BCUT2D eigenvalue weighted by Gasteiger charge is -2.44. The third-order valence-electron chi connectivity index (χ3n) is 5.72. The average Bonchev–Trinajstić information content (AvgIpc) is 2.67. The zero-order chi connectivity index (χ0) is 22.1. The predicted octanol–water partition coefficient (Wildman–Crippen LogP) is 4.19. The van der Waals surface area contributed by atoms with Crippen molar-refractivity contribution >= 4 is 17.2 Å². The van der Waals surface area contributed by atoms with Crippen LogP contribution in [0.25, 0.3) is 11.3 Å². The summed E-state index contributed by atoms with van der Waals surface area (Å²) >= 11 is 0. The topological polar surface area (TPSA) is 86.6 Å². The van der Waals surface area contributed by atoms with Gasteiger partial charge in [0.05, 0.1) is 36.3 Å². The van der Waals surface area contributed by atoms with Crippen LogP contribution in [0, 0.1) is 5.41 Å². The lowest BCUT2D eigenvalue weighted by Crippen LogP contribution is -2.44. The summed E-state index contributed by atoms with van der Waals surface area (Å²) in [6.45, 7) is 1.34. The lowest BCUT2D eigenvalue weighted by molar-refractivity contribution is -0.138. The fourth-order valence-electron chi connectivity index (χ4n) is 4.03. The van der Waals surface area contributed by atoms with Crippen molar-refractivity contribution in [1.82, 2.24) is 4.98 Å². The molecule has 1 aliphatic rings. The van der Waals surface area contributed by atoms with E-state index in [9.17, 15) is 13.2 Å². The number of benzene rings is 1. The highest BCUT2D eigenvalue weighted by atomic mass is 19.4. The second-order valence-electron chi connectivity index (χ2n) is 7.88. The van der Waals surface area contributed by atoms with E-state index in [0.29, 0.717) is 30.2 Å². The van der Waals surface area contributed by atoms with E-state index in [1.807, 2.05) is 11.9 Å². The molecule has 1 aliphatic carbocycles. The second-order valence-corrected chi connectivity index (χ2v) is 7.88. The molecule has 4 N–H and O–H groups in total. The molecule has 1 saturated carbocycles. The van der Waals surface area contributed by atoms with Crippen LogP contribution < -0.4 is 21.1 Å². The third kappa shape index (κ3) is 4.26. The summed E-state index contributed by atoms with van der Waals surface area (Å²) in [7, 11) is 4.77. The van der Waals surface area contributed by atoms with E-state index in [0.717, 1.165) is 25.3 Å². The molecule has 164 valence electrons. The van der Waals surface area contributed by atoms with Crippen LogP contribution in [0.15, 0.2) is 24.3 Å². The molecule has 1 aromatic heterocycles. The Labute approximate surface area is 174 Å². The molecule has 0 spiro atoms. The molecule has 0 radical (unpaired) electrons.